The Kier molecular flexibility index (Phi) is 4.35. The molecule has 0 bridgehead atoms. The predicted octanol–water partition coefficient (Wildman–Crippen LogP) is 1.22. The molecule has 2 heterocycles. The highest BCUT2D eigenvalue weighted by molar-refractivity contribution is 5.88. The maximum atomic E-state index is 11.2. The van der Waals surface area contributed by atoms with Crippen molar-refractivity contribution in [2.24, 2.45) is 0 Å². The Morgan fingerprint density at radius 3 is 2.70 bits per heavy atom. The van der Waals surface area contributed by atoms with E-state index in [-0.39, 0.29) is 17.5 Å². The number of carbonyl (C=O) groups is 1. The molecule has 0 saturated carbocycles. The highest BCUT2D eigenvalue weighted by Crippen LogP contribution is 2.23. The van der Waals surface area contributed by atoms with Crippen LogP contribution in [-0.2, 0) is 0 Å². The van der Waals surface area contributed by atoms with Crippen LogP contribution in [-0.4, -0.2) is 64.6 Å². The lowest BCUT2D eigenvalue weighted by molar-refractivity contribution is 0.0693. The van der Waals surface area contributed by atoms with Crippen molar-refractivity contribution < 1.29 is 9.90 Å². The van der Waals surface area contributed by atoms with Crippen LogP contribution in [0.3, 0.4) is 0 Å². The largest absolute Gasteiger partial charge is 0.478 e. The second-order valence-corrected chi connectivity index (χ2v) is 5.75. The van der Waals surface area contributed by atoms with Crippen LogP contribution in [0.25, 0.3) is 0 Å². The van der Waals surface area contributed by atoms with Gasteiger partial charge in [0, 0.05) is 25.8 Å². The number of piperazine rings is 1. The van der Waals surface area contributed by atoms with Crippen LogP contribution in [0.2, 0.25) is 0 Å². The number of carboxylic acids is 1. The van der Waals surface area contributed by atoms with Crippen LogP contribution >= 0.6 is 0 Å². The third-order valence-corrected chi connectivity index (χ3v) is 3.76. The fourth-order valence-electron chi connectivity index (χ4n) is 2.46. The molecule has 6 heteroatoms. The number of carboxylic acid groups (broad SMARTS) is 1. The average molecular weight is 278 g/mol. The van der Waals surface area contributed by atoms with Gasteiger partial charge in [-0.1, -0.05) is 13.8 Å². The van der Waals surface area contributed by atoms with Crippen LogP contribution in [0.4, 0.5) is 0 Å². The lowest BCUT2D eigenvalue weighted by Gasteiger charge is -2.36. The molecule has 1 aliphatic heterocycles. The first-order valence-electron chi connectivity index (χ1n) is 6.89. The molecule has 1 aromatic rings. The summed E-state index contributed by atoms with van der Waals surface area (Å²) in [5, 5.41) is 9.21. The summed E-state index contributed by atoms with van der Waals surface area (Å²) in [6, 6.07) is 0.120. The zero-order chi connectivity index (χ0) is 14.9. The second-order valence-electron chi connectivity index (χ2n) is 5.75. The molecule has 0 aliphatic carbocycles. The van der Waals surface area contributed by atoms with Gasteiger partial charge >= 0.3 is 5.97 Å². The van der Waals surface area contributed by atoms with E-state index in [1.807, 2.05) is 13.8 Å². The summed E-state index contributed by atoms with van der Waals surface area (Å²) in [4.78, 5) is 24.5. The van der Waals surface area contributed by atoms with E-state index >= 15 is 0 Å². The van der Waals surface area contributed by atoms with Crippen molar-refractivity contribution in [2.75, 3.05) is 33.7 Å². The minimum absolute atomic E-state index is 0.0643. The number of aromatic carboxylic acids is 1. The molecule has 1 N–H and O–H groups in total. The Hall–Kier alpha value is -1.53. The first-order valence-corrected chi connectivity index (χ1v) is 6.89. The fraction of sp³-hybridized carbons (Fsp3) is 0.643. The van der Waals surface area contributed by atoms with Crippen molar-refractivity contribution in [1.82, 2.24) is 19.8 Å². The Morgan fingerprint density at radius 2 is 2.10 bits per heavy atom. The van der Waals surface area contributed by atoms with Gasteiger partial charge in [-0.05, 0) is 20.0 Å². The second kappa shape index (κ2) is 5.85. The van der Waals surface area contributed by atoms with Crippen molar-refractivity contribution in [1.29, 1.82) is 0 Å². The molecule has 110 valence electrons. The van der Waals surface area contributed by atoms with E-state index in [2.05, 4.69) is 33.9 Å². The number of likely N-dealkylation sites (N-methyl/N-ethyl adjacent to an activating group) is 2. The predicted molar refractivity (Wildman–Crippen MR) is 75.9 cm³/mol. The molecule has 1 aliphatic rings. The molecule has 6 nitrogen and oxygen atoms in total. The van der Waals surface area contributed by atoms with Gasteiger partial charge < -0.3 is 10.0 Å². The molecule has 0 amide bonds. The molecule has 1 fully saturated rings. The summed E-state index contributed by atoms with van der Waals surface area (Å²) in [7, 11) is 4.14. The van der Waals surface area contributed by atoms with Gasteiger partial charge in [-0.15, -0.1) is 0 Å². The van der Waals surface area contributed by atoms with E-state index in [1.54, 1.807) is 0 Å². The molecule has 20 heavy (non-hydrogen) atoms. The van der Waals surface area contributed by atoms with Crippen LogP contribution in [0.1, 0.15) is 47.7 Å². The maximum absolute atomic E-state index is 11.2. The van der Waals surface area contributed by atoms with E-state index < -0.39 is 5.97 Å². The Morgan fingerprint density at radius 1 is 1.40 bits per heavy atom. The van der Waals surface area contributed by atoms with Crippen molar-refractivity contribution in [3.05, 3.63) is 23.3 Å². The molecule has 1 saturated heterocycles. The minimum Gasteiger partial charge on any atom is -0.478 e. The molecule has 1 aromatic heterocycles. The summed E-state index contributed by atoms with van der Waals surface area (Å²) in [5.74, 6) is -0.184. The summed E-state index contributed by atoms with van der Waals surface area (Å²) in [6.45, 7) is 6.75. The number of nitrogens with zero attached hydrogens (tertiary/aromatic N) is 4. The molecule has 2 rings (SSSR count). The van der Waals surface area contributed by atoms with Gasteiger partial charge in [-0.2, -0.15) is 0 Å². The third kappa shape index (κ3) is 2.96. The third-order valence-electron chi connectivity index (χ3n) is 3.76. The molecular formula is C14H22N4O2. The Labute approximate surface area is 119 Å². The van der Waals surface area contributed by atoms with Gasteiger partial charge in [0.25, 0.3) is 0 Å². The molecule has 0 radical (unpaired) electrons. The van der Waals surface area contributed by atoms with E-state index in [0.717, 1.165) is 19.6 Å². The lowest BCUT2D eigenvalue weighted by Crippen LogP contribution is -2.45. The summed E-state index contributed by atoms with van der Waals surface area (Å²) in [5.41, 5.74) is 0.819. The topological polar surface area (TPSA) is 69.6 Å². The fourth-order valence-corrected chi connectivity index (χ4v) is 2.46. The maximum Gasteiger partial charge on any atom is 0.339 e. The van der Waals surface area contributed by atoms with Crippen LogP contribution in [0.15, 0.2) is 6.20 Å². The highest BCUT2D eigenvalue weighted by atomic mass is 16.4. The summed E-state index contributed by atoms with van der Waals surface area (Å²) in [6.07, 6.45) is 1.45. The SMILES string of the molecule is CC(C)c1nc(C2CN(C)CCN2C)ncc1C(=O)O. The lowest BCUT2D eigenvalue weighted by atomic mass is 10.0. The molecular weight excluding hydrogens is 256 g/mol. The van der Waals surface area contributed by atoms with E-state index in [4.69, 9.17) is 0 Å². The van der Waals surface area contributed by atoms with Crippen molar-refractivity contribution in [3.8, 4) is 0 Å². The minimum atomic E-state index is -0.964. The molecule has 0 aromatic carbocycles. The smallest absolute Gasteiger partial charge is 0.339 e. The van der Waals surface area contributed by atoms with Gasteiger partial charge in [0.2, 0.25) is 0 Å². The first kappa shape index (κ1) is 14.9. The number of aromatic nitrogens is 2. The highest BCUT2D eigenvalue weighted by Gasteiger charge is 2.27. The zero-order valence-corrected chi connectivity index (χ0v) is 12.5. The van der Waals surface area contributed by atoms with Crippen molar-refractivity contribution in [3.63, 3.8) is 0 Å². The van der Waals surface area contributed by atoms with Gasteiger partial charge in [0.15, 0.2) is 0 Å². The van der Waals surface area contributed by atoms with Crippen molar-refractivity contribution >= 4 is 5.97 Å². The molecule has 0 spiro atoms. The first-order chi connectivity index (χ1) is 9.40. The molecule has 1 atom stereocenters. The summed E-state index contributed by atoms with van der Waals surface area (Å²) < 4.78 is 0. The number of hydrogen-bond acceptors (Lipinski definition) is 5. The normalized spacial score (nSPS) is 21.4. The van der Waals surface area contributed by atoms with E-state index in [1.165, 1.54) is 6.20 Å². The molecule has 1 unspecified atom stereocenters. The standard InChI is InChI=1S/C14H22N4O2/c1-9(2)12-10(14(19)20)7-15-13(16-12)11-8-17(3)5-6-18(11)4/h7,9,11H,5-6,8H2,1-4H3,(H,19,20). The van der Waals surface area contributed by atoms with Gasteiger partial charge in [0.1, 0.15) is 5.82 Å². The quantitative estimate of drug-likeness (QED) is 0.896. The summed E-state index contributed by atoms with van der Waals surface area (Å²) >= 11 is 0. The van der Waals surface area contributed by atoms with Crippen LogP contribution < -0.4 is 0 Å². The zero-order valence-electron chi connectivity index (χ0n) is 12.5. The van der Waals surface area contributed by atoms with E-state index in [0.29, 0.717) is 11.5 Å². The van der Waals surface area contributed by atoms with Crippen molar-refractivity contribution in [2.45, 2.75) is 25.8 Å². The monoisotopic (exact) mass is 278 g/mol. The Balaban J connectivity index is 2.37. The van der Waals surface area contributed by atoms with Gasteiger partial charge in [-0.25, -0.2) is 14.8 Å². The van der Waals surface area contributed by atoms with Gasteiger partial charge in [0.05, 0.1) is 17.3 Å². The van der Waals surface area contributed by atoms with Gasteiger partial charge in [-0.3, -0.25) is 4.90 Å². The van der Waals surface area contributed by atoms with Crippen LogP contribution in [0, 0.1) is 0 Å². The number of rotatable bonds is 3. The average Bonchev–Trinajstić information content (AvgIpc) is 2.40. The van der Waals surface area contributed by atoms with Crippen LogP contribution in [0.5, 0.6) is 0 Å². The Bertz CT molecular complexity index is 504. The number of hydrogen-bond donors (Lipinski definition) is 1. The van der Waals surface area contributed by atoms with E-state index in [9.17, 15) is 9.90 Å².